The fourth-order valence-corrected chi connectivity index (χ4v) is 2.96. The molecule has 0 bridgehead atoms. The summed E-state index contributed by atoms with van der Waals surface area (Å²) in [6.45, 7) is 9.99. The van der Waals surface area contributed by atoms with Crippen molar-refractivity contribution < 1.29 is 14.3 Å². The molecule has 0 saturated heterocycles. The monoisotopic (exact) mass is 354 g/mol. The molecule has 0 aliphatic carbocycles. The van der Waals surface area contributed by atoms with Gasteiger partial charge < -0.3 is 9.47 Å². The van der Waals surface area contributed by atoms with Crippen LogP contribution in [0.3, 0.4) is 0 Å². The van der Waals surface area contributed by atoms with E-state index < -0.39 is 0 Å². The molecule has 0 radical (unpaired) electrons. The summed E-state index contributed by atoms with van der Waals surface area (Å²) >= 11 is 0. The summed E-state index contributed by atoms with van der Waals surface area (Å²) in [6.07, 6.45) is 12.9. The number of carbonyl (C=O) groups is 1. The van der Waals surface area contributed by atoms with E-state index in [-0.39, 0.29) is 11.6 Å². The Morgan fingerprint density at radius 1 is 1.15 bits per heavy atom. The Labute approximate surface area is 157 Å². The minimum Gasteiger partial charge on any atom is -0.483 e. The molecule has 1 aliphatic rings. The fourth-order valence-electron chi connectivity index (χ4n) is 2.96. The lowest BCUT2D eigenvalue weighted by atomic mass is 9.94. The van der Waals surface area contributed by atoms with Crippen molar-refractivity contribution in [1.82, 2.24) is 0 Å². The van der Waals surface area contributed by atoms with E-state index in [2.05, 4.69) is 52.0 Å². The highest BCUT2D eigenvalue weighted by Crippen LogP contribution is 2.35. The standard InChI is InChI=1S/C23H30O3/c1-17(2)8-6-9-18(3)10-7-14-23(5)15-13-20-16-21(25-19(4)24)11-12-22(20)26-23/h8,10-13,15-16H,6-7,9,14H2,1-5H3/b18-10+/t23-/m0/s1. The van der Waals surface area contributed by atoms with Crippen molar-refractivity contribution in [2.24, 2.45) is 0 Å². The van der Waals surface area contributed by atoms with Gasteiger partial charge in [0.1, 0.15) is 17.1 Å². The largest absolute Gasteiger partial charge is 0.483 e. The van der Waals surface area contributed by atoms with Crippen LogP contribution in [0, 0.1) is 0 Å². The maximum Gasteiger partial charge on any atom is 0.308 e. The molecule has 0 unspecified atom stereocenters. The van der Waals surface area contributed by atoms with Crippen LogP contribution in [0.1, 0.15) is 65.9 Å². The first-order chi connectivity index (χ1) is 12.3. The van der Waals surface area contributed by atoms with E-state index in [1.165, 1.54) is 18.1 Å². The summed E-state index contributed by atoms with van der Waals surface area (Å²) in [6, 6.07) is 5.48. The third kappa shape index (κ3) is 6.21. The molecule has 1 aliphatic heterocycles. The van der Waals surface area contributed by atoms with E-state index in [0.29, 0.717) is 5.75 Å². The minimum absolute atomic E-state index is 0.313. The molecule has 140 valence electrons. The molecule has 26 heavy (non-hydrogen) atoms. The van der Waals surface area contributed by atoms with Gasteiger partial charge in [0.2, 0.25) is 0 Å². The normalized spacial score (nSPS) is 18.7. The van der Waals surface area contributed by atoms with Gasteiger partial charge in [-0.05, 0) is 77.7 Å². The smallest absolute Gasteiger partial charge is 0.308 e. The first kappa shape index (κ1) is 20.0. The Kier molecular flexibility index (Phi) is 6.84. The predicted molar refractivity (Wildman–Crippen MR) is 107 cm³/mol. The quantitative estimate of drug-likeness (QED) is 0.330. The zero-order valence-corrected chi connectivity index (χ0v) is 16.6. The number of esters is 1. The molecule has 0 aromatic heterocycles. The number of carbonyl (C=O) groups excluding carboxylic acids is 1. The lowest BCUT2D eigenvalue weighted by molar-refractivity contribution is -0.131. The van der Waals surface area contributed by atoms with Crippen molar-refractivity contribution in [2.45, 2.75) is 65.9 Å². The van der Waals surface area contributed by atoms with Crippen molar-refractivity contribution in [3.05, 3.63) is 53.1 Å². The summed E-state index contributed by atoms with van der Waals surface area (Å²) in [5.41, 5.74) is 3.43. The first-order valence-corrected chi connectivity index (χ1v) is 9.27. The molecule has 1 atom stereocenters. The van der Waals surface area contributed by atoms with E-state index in [1.807, 2.05) is 12.1 Å². The topological polar surface area (TPSA) is 35.5 Å². The van der Waals surface area contributed by atoms with Gasteiger partial charge in [0.15, 0.2) is 0 Å². The van der Waals surface area contributed by atoms with E-state index in [4.69, 9.17) is 9.47 Å². The van der Waals surface area contributed by atoms with Gasteiger partial charge >= 0.3 is 5.97 Å². The van der Waals surface area contributed by atoms with Crippen LogP contribution in [-0.4, -0.2) is 11.6 Å². The third-order valence-electron chi connectivity index (χ3n) is 4.43. The molecule has 3 nitrogen and oxygen atoms in total. The molecular weight excluding hydrogens is 324 g/mol. The van der Waals surface area contributed by atoms with Crippen LogP contribution in [0.5, 0.6) is 11.5 Å². The number of hydrogen-bond acceptors (Lipinski definition) is 3. The predicted octanol–water partition coefficient (Wildman–Crippen LogP) is 6.25. The highest BCUT2D eigenvalue weighted by Gasteiger charge is 2.26. The van der Waals surface area contributed by atoms with E-state index in [1.54, 1.807) is 6.07 Å². The zero-order valence-electron chi connectivity index (χ0n) is 16.6. The highest BCUT2D eigenvalue weighted by molar-refractivity contribution is 5.70. The van der Waals surface area contributed by atoms with Crippen LogP contribution in [0.4, 0.5) is 0 Å². The van der Waals surface area contributed by atoms with E-state index >= 15 is 0 Å². The van der Waals surface area contributed by atoms with Gasteiger partial charge in [-0.2, -0.15) is 0 Å². The Morgan fingerprint density at radius 2 is 1.92 bits per heavy atom. The maximum atomic E-state index is 11.1. The Bertz CT molecular complexity index is 736. The molecule has 1 heterocycles. The number of fused-ring (bicyclic) bond motifs is 1. The second-order valence-corrected chi connectivity index (χ2v) is 7.45. The van der Waals surface area contributed by atoms with Gasteiger partial charge in [0.05, 0.1) is 0 Å². The summed E-state index contributed by atoms with van der Waals surface area (Å²) in [7, 11) is 0. The average Bonchev–Trinajstić information content (AvgIpc) is 2.54. The molecule has 0 amide bonds. The molecule has 0 saturated carbocycles. The van der Waals surface area contributed by atoms with E-state index in [9.17, 15) is 4.79 Å². The molecule has 2 rings (SSSR count). The van der Waals surface area contributed by atoms with Gasteiger partial charge in [-0.1, -0.05) is 29.4 Å². The van der Waals surface area contributed by atoms with Crippen LogP contribution >= 0.6 is 0 Å². The fraction of sp³-hybridized carbons (Fsp3) is 0.435. The van der Waals surface area contributed by atoms with Crippen LogP contribution in [0.2, 0.25) is 0 Å². The Hall–Kier alpha value is -2.29. The van der Waals surface area contributed by atoms with Crippen LogP contribution < -0.4 is 9.47 Å². The number of rotatable bonds is 7. The average molecular weight is 354 g/mol. The molecule has 0 spiro atoms. The molecule has 0 fully saturated rings. The zero-order chi connectivity index (χ0) is 19.2. The third-order valence-corrected chi connectivity index (χ3v) is 4.43. The van der Waals surface area contributed by atoms with E-state index in [0.717, 1.165) is 37.0 Å². The van der Waals surface area contributed by atoms with Crippen LogP contribution in [-0.2, 0) is 4.79 Å². The van der Waals surface area contributed by atoms with Crippen molar-refractivity contribution in [3.63, 3.8) is 0 Å². The molecular formula is C23H30O3. The summed E-state index contributed by atoms with van der Waals surface area (Å²) in [4.78, 5) is 11.1. The van der Waals surface area contributed by atoms with Crippen LogP contribution in [0.15, 0.2) is 47.6 Å². The first-order valence-electron chi connectivity index (χ1n) is 9.27. The van der Waals surface area contributed by atoms with Gasteiger partial charge in [0.25, 0.3) is 0 Å². The Balaban J connectivity index is 1.93. The molecule has 3 heteroatoms. The maximum absolute atomic E-state index is 11.1. The van der Waals surface area contributed by atoms with Gasteiger partial charge in [-0.15, -0.1) is 0 Å². The van der Waals surface area contributed by atoms with Crippen molar-refractivity contribution in [1.29, 1.82) is 0 Å². The highest BCUT2D eigenvalue weighted by atomic mass is 16.5. The van der Waals surface area contributed by atoms with Gasteiger partial charge in [0, 0.05) is 12.5 Å². The lowest BCUT2D eigenvalue weighted by Gasteiger charge is -2.31. The van der Waals surface area contributed by atoms with Crippen LogP contribution in [0.25, 0.3) is 6.08 Å². The molecule has 0 N–H and O–H groups in total. The SMILES string of the molecule is CC(=O)Oc1ccc2c(c1)C=C[C@](C)(CC/C=C(\C)CCC=C(C)C)O2. The van der Waals surface area contributed by atoms with Crippen molar-refractivity contribution >= 4 is 12.0 Å². The summed E-state index contributed by atoms with van der Waals surface area (Å²) in [5.74, 6) is 1.06. The molecule has 1 aromatic carbocycles. The molecule has 1 aromatic rings. The van der Waals surface area contributed by atoms with Gasteiger partial charge in [-0.3, -0.25) is 4.79 Å². The number of hydrogen-bond donors (Lipinski definition) is 0. The number of ether oxygens (including phenoxy) is 2. The summed E-state index contributed by atoms with van der Waals surface area (Å²) in [5, 5.41) is 0. The number of benzene rings is 1. The van der Waals surface area contributed by atoms with Gasteiger partial charge in [-0.25, -0.2) is 0 Å². The minimum atomic E-state index is -0.317. The second kappa shape index (κ2) is 8.88. The second-order valence-electron chi connectivity index (χ2n) is 7.45. The Morgan fingerprint density at radius 3 is 2.62 bits per heavy atom. The van der Waals surface area contributed by atoms with Crippen molar-refractivity contribution in [3.8, 4) is 11.5 Å². The van der Waals surface area contributed by atoms with Crippen molar-refractivity contribution in [2.75, 3.05) is 0 Å². The number of allylic oxidation sites excluding steroid dienone is 4. The summed E-state index contributed by atoms with van der Waals surface area (Å²) < 4.78 is 11.3. The lowest BCUT2D eigenvalue weighted by Crippen LogP contribution is -2.31.